The van der Waals surface area contributed by atoms with Crippen molar-refractivity contribution in [3.63, 3.8) is 0 Å². The smallest absolute Gasteiger partial charge is 0.234 e. The molecule has 0 N–H and O–H groups in total. The molecule has 6 heteroatoms. The molecule has 1 unspecified atom stereocenters. The van der Waals surface area contributed by atoms with Crippen LogP contribution in [0.1, 0.15) is 38.0 Å². The largest absolute Gasteiger partial charge is 0.339 e. The van der Waals surface area contributed by atoms with Gasteiger partial charge in [0.05, 0.1) is 12.5 Å². The number of hydrogen-bond acceptors (Lipinski definition) is 6. The van der Waals surface area contributed by atoms with Crippen molar-refractivity contribution in [3.05, 3.63) is 11.7 Å². The molecule has 1 aliphatic rings. The van der Waals surface area contributed by atoms with E-state index in [1.54, 1.807) is 0 Å². The van der Waals surface area contributed by atoms with Gasteiger partial charge in [-0.05, 0) is 13.0 Å². The SMILES string of the molecule is CC(C)CC(=O)Cc1nc(C2CSCCN2C)no1. The molecular weight excluding hydrogens is 262 g/mol. The minimum atomic E-state index is 0.163. The molecule has 1 aromatic heterocycles. The van der Waals surface area contributed by atoms with Crippen LogP contribution < -0.4 is 0 Å². The minimum absolute atomic E-state index is 0.163. The van der Waals surface area contributed by atoms with Crippen molar-refractivity contribution in [3.8, 4) is 0 Å². The van der Waals surface area contributed by atoms with Crippen LogP contribution in [0.15, 0.2) is 4.52 Å². The minimum Gasteiger partial charge on any atom is -0.339 e. The summed E-state index contributed by atoms with van der Waals surface area (Å²) in [5.74, 6) is 3.82. The van der Waals surface area contributed by atoms with E-state index < -0.39 is 0 Å². The maximum atomic E-state index is 11.7. The lowest BCUT2D eigenvalue weighted by Gasteiger charge is -2.29. The predicted octanol–water partition coefficient (Wildman–Crippen LogP) is 1.95. The van der Waals surface area contributed by atoms with Crippen LogP contribution in [-0.2, 0) is 11.2 Å². The Morgan fingerprint density at radius 1 is 1.58 bits per heavy atom. The average Bonchev–Trinajstić information content (AvgIpc) is 2.76. The third-order valence-electron chi connectivity index (χ3n) is 3.16. The van der Waals surface area contributed by atoms with Crippen LogP contribution in [0.25, 0.3) is 0 Å². The van der Waals surface area contributed by atoms with Crippen molar-refractivity contribution in [2.24, 2.45) is 5.92 Å². The summed E-state index contributed by atoms with van der Waals surface area (Å²) in [4.78, 5) is 18.3. The fourth-order valence-electron chi connectivity index (χ4n) is 2.13. The summed E-state index contributed by atoms with van der Waals surface area (Å²) in [6.07, 6.45) is 0.825. The maximum Gasteiger partial charge on any atom is 0.234 e. The third-order valence-corrected chi connectivity index (χ3v) is 4.18. The van der Waals surface area contributed by atoms with Crippen molar-refractivity contribution in [2.75, 3.05) is 25.1 Å². The number of carbonyl (C=O) groups excluding carboxylic acids is 1. The molecule has 106 valence electrons. The molecule has 19 heavy (non-hydrogen) atoms. The van der Waals surface area contributed by atoms with Gasteiger partial charge in [0.1, 0.15) is 5.78 Å². The molecule has 0 bridgehead atoms. The van der Waals surface area contributed by atoms with Crippen LogP contribution in [0.5, 0.6) is 0 Å². The standard InChI is InChI=1S/C13H21N3O2S/c1-9(2)6-10(17)7-12-14-13(15-18-12)11-8-19-5-4-16(11)3/h9,11H,4-8H2,1-3H3. The Balaban J connectivity index is 1.96. The quantitative estimate of drug-likeness (QED) is 0.823. The molecule has 1 saturated heterocycles. The highest BCUT2D eigenvalue weighted by molar-refractivity contribution is 7.99. The van der Waals surface area contributed by atoms with E-state index in [1.807, 2.05) is 25.6 Å². The van der Waals surface area contributed by atoms with Crippen LogP contribution in [0.2, 0.25) is 0 Å². The lowest BCUT2D eigenvalue weighted by Crippen LogP contribution is -2.33. The van der Waals surface area contributed by atoms with E-state index in [-0.39, 0.29) is 18.2 Å². The van der Waals surface area contributed by atoms with Gasteiger partial charge < -0.3 is 4.52 Å². The van der Waals surface area contributed by atoms with Crippen LogP contribution >= 0.6 is 11.8 Å². The van der Waals surface area contributed by atoms with Gasteiger partial charge in [-0.15, -0.1) is 0 Å². The number of carbonyl (C=O) groups is 1. The summed E-state index contributed by atoms with van der Waals surface area (Å²) in [7, 11) is 2.07. The molecule has 1 atom stereocenters. The van der Waals surface area contributed by atoms with Crippen LogP contribution in [0.3, 0.4) is 0 Å². The lowest BCUT2D eigenvalue weighted by atomic mass is 10.1. The number of thioether (sulfide) groups is 1. The Bertz CT molecular complexity index is 433. The molecular formula is C13H21N3O2S. The lowest BCUT2D eigenvalue weighted by molar-refractivity contribution is -0.119. The first-order valence-electron chi connectivity index (χ1n) is 6.68. The molecule has 0 amide bonds. The second kappa shape index (κ2) is 6.52. The number of aromatic nitrogens is 2. The Labute approximate surface area is 118 Å². The molecule has 1 aromatic rings. The molecule has 0 aromatic carbocycles. The molecule has 5 nitrogen and oxygen atoms in total. The second-order valence-electron chi connectivity index (χ2n) is 5.43. The highest BCUT2D eigenvalue weighted by Crippen LogP contribution is 2.26. The van der Waals surface area contributed by atoms with Crippen molar-refractivity contribution < 1.29 is 9.32 Å². The first-order valence-corrected chi connectivity index (χ1v) is 7.84. The highest BCUT2D eigenvalue weighted by Gasteiger charge is 2.26. The van der Waals surface area contributed by atoms with Crippen molar-refractivity contribution >= 4 is 17.5 Å². The van der Waals surface area contributed by atoms with E-state index >= 15 is 0 Å². The van der Waals surface area contributed by atoms with Gasteiger partial charge in [0, 0.05) is 24.5 Å². The summed E-state index contributed by atoms with van der Waals surface area (Å²) in [6.45, 7) is 5.10. The van der Waals surface area contributed by atoms with Crippen LogP contribution in [0.4, 0.5) is 0 Å². The van der Waals surface area contributed by atoms with E-state index in [9.17, 15) is 4.79 Å². The molecule has 2 heterocycles. The van der Waals surface area contributed by atoms with Gasteiger partial charge in [0.25, 0.3) is 0 Å². The number of ketones is 1. The summed E-state index contributed by atoms with van der Waals surface area (Å²) in [5, 5.41) is 4.03. The Kier molecular flexibility index (Phi) is 4.99. The average molecular weight is 283 g/mol. The van der Waals surface area contributed by atoms with E-state index in [4.69, 9.17) is 4.52 Å². The number of nitrogens with zero attached hydrogens (tertiary/aromatic N) is 3. The Morgan fingerprint density at radius 2 is 2.37 bits per heavy atom. The molecule has 0 spiro atoms. The van der Waals surface area contributed by atoms with Crippen molar-refractivity contribution in [1.82, 2.24) is 15.0 Å². The first-order chi connectivity index (χ1) is 9.06. The van der Waals surface area contributed by atoms with Crippen LogP contribution in [-0.4, -0.2) is 45.9 Å². The van der Waals surface area contributed by atoms with E-state index in [0.29, 0.717) is 24.1 Å². The van der Waals surface area contributed by atoms with Gasteiger partial charge in [-0.3, -0.25) is 9.69 Å². The normalized spacial score (nSPS) is 20.9. The number of rotatable bonds is 5. The van der Waals surface area contributed by atoms with Gasteiger partial charge in [-0.2, -0.15) is 16.7 Å². The summed E-state index contributed by atoms with van der Waals surface area (Å²) in [6, 6.07) is 0.205. The highest BCUT2D eigenvalue weighted by atomic mass is 32.2. The van der Waals surface area contributed by atoms with Gasteiger partial charge in [-0.25, -0.2) is 0 Å². The molecule has 2 rings (SSSR count). The monoisotopic (exact) mass is 283 g/mol. The molecule has 0 saturated carbocycles. The van der Waals surface area contributed by atoms with E-state index in [1.165, 1.54) is 0 Å². The predicted molar refractivity (Wildman–Crippen MR) is 75.2 cm³/mol. The van der Waals surface area contributed by atoms with Gasteiger partial charge in [0.2, 0.25) is 5.89 Å². The number of hydrogen-bond donors (Lipinski definition) is 0. The topological polar surface area (TPSA) is 59.2 Å². The zero-order valence-electron chi connectivity index (χ0n) is 11.8. The van der Waals surface area contributed by atoms with Crippen molar-refractivity contribution in [1.29, 1.82) is 0 Å². The fourth-order valence-corrected chi connectivity index (χ4v) is 3.34. The van der Waals surface area contributed by atoms with Crippen molar-refractivity contribution in [2.45, 2.75) is 32.7 Å². The number of Topliss-reactive ketones (excluding diaryl/α,β-unsaturated/α-hetero) is 1. The molecule has 1 fully saturated rings. The molecule has 0 radical (unpaired) electrons. The second-order valence-corrected chi connectivity index (χ2v) is 6.58. The van der Waals surface area contributed by atoms with Gasteiger partial charge in [0.15, 0.2) is 5.82 Å². The first kappa shape index (κ1) is 14.5. The van der Waals surface area contributed by atoms with E-state index in [2.05, 4.69) is 22.1 Å². The maximum absolute atomic E-state index is 11.7. The van der Waals surface area contributed by atoms with Crippen LogP contribution in [0, 0.1) is 5.92 Å². The van der Waals surface area contributed by atoms with Gasteiger partial charge >= 0.3 is 0 Å². The summed E-state index contributed by atoms with van der Waals surface area (Å²) < 4.78 is 5.20. The fraction of sp³-hybridized carbons (Fsp3) is 0.769. The molecule has 0 aliphatic carbocycles. The Hall–Kier alpha value is -0.880. The molecule has 1 aliphatic heterocycles. The summed E-state index contributed by atoms with van der Waals surface area (Å²) >= 11 is 1.90. The Morgan fingerprint density at radius 3 is 3.05 bits per heavy atom. The third kappa shape index (κ3) is 4.04. The van der Waals surface area contributed by atoms with Gasteiger partial charge in [-0.1, -0.05) is 19.0 Å². The van der Waals surface area contributed by atoms with E-state index in [0.717, 1.165) is 18.1 Å². The summed E-state index contributed by atoms with van der Waals surface area (Å²) in [5.41, 5.74) is 0. The zero-order chi connectivity index (χ0) is 13.8. The zero-order valence-corrected chi connectivity index (χ0v) is 12.6.